The predicted octanol–water partition coefficient (Wildman–Crippen LogP) is 1.99. The number of halogens is 1. The molecule has 1 aromatic carbocycles. The number of nitriles is 1. The van der Waals surface area contributed by atoms with E-state index in [9.17, 15) is 14.0 Å². The van der Waals surface area contributed by atoms with E-state index in [0.29, 0.717) is 0 Å². The fraction of sp³-hybridized carbons (Fsp3) is 0.308. The number of amides is 1. The molecule has 6 heteroatoms. The molecule has 2 unspecified atom stereocenters. The zero-order valence-corrected chi connectivity index (χ0v) is 10.5. The van der Waals surface area contributed by atoms with Crippen molar-refractivity contribution in [2.45, 2.75) is 13.8 Å². The summed E-state index contributed by atoms with van der Waals surface area (Å²) in [5.41, 5.74) is 0.155. The van der Waals surface area contributed by atoms with E-state index in [1.807, 2.05) is 0 Å². The molecular weight excluding hydrogens is 251 g/mol. The van der Waals surface area contributed by atoms with Gasteiger partial charge in [-0.25, -0.2) is 4.39 Å². The van der Waals surface area contributed by atoms with Gasteiger partial charge in [0.15, 0.2) is 0 Å². The van der Waals surface area contributed by atoms with Crippen LogP contribution >= 0.6 is 0 Å². The van der Waals surface area contributed by atoms with E-state index in [1.165, 1.54) is 19.9 Å². The molecule has 0 radical (unpaired) electrons. The number of nitrogens with one attached hydrogen (secondary N) is 1. The minimum absolute atomic E-state index is 0.0106. The second-order valence-corrected chi connectivity index (χ2v) is 4.21. The minimum Gasteiger partial charge on any atom is -0.481 e. The van der Waals surface area contributed by atoms with Crippen molar-refractivity contribution in [2.75, 3.05) is 5.32 Å². The first-order chi connectivity index (χ1) is 8.86. The first-order valence-electron chi connectivity index (χ1n) is 5.60. The molecule has 19 heavy (non-hydrogen) atoms. The molecule has 2 N–H and O–H groups in total. The average molecular weight is 264 g/mol. The summed E-state index contributed by atoms with van der Waals surface area (Å²) >= 11 is 0. The third kappa shape index (κ3) is 3.52. The van der Waals surface area contributed by atoms with Crippen molar-refractivity contribution in [1.82, 2.24) is 0 Å². The summed E-state index contributed by atoms with van der Waals surface area (Å²) in [5, 5.41) is 20.1. The van der Waals surface area contributed by atoms with Crippen LogP contribution < -0.4 is 5.32 Å². The highest BCUT2D eigenvalue weighted by Gasteiger charge is 2.26. The smallest absolute Gasteiger partial charge is 0.307 e. The Bertz CT molecular complexity index is 551. The number of carboxylic acid groups (broad SMARTS) is 1. The van der Waals surface area contributed by atoms with Gasteiger partial charge < -0.3 is 10.4 Å². The lowest BCUT2D eigenvalue weighted by molar-refractivity contribution is -0.145. The summed E-state index contributed by atoms with van der Waals surface area (Å²) in [6.07, 6.45) is 0. The fourth-order valence-electron chi connectivity index (χ4n) is 1.41. The average Bonchev–Trinajstić information content (AvgIpc) is 2.38. The molecule has 0 bridgehead atoms. The van der Waals surface area contributed by atoms with Crippen LogP contribution in [0.4, 0.5) is 10.1 Å². The Morgan fingerprint density at radius 1 is 1.37 bits per heavy atom. The monoisotopic (exact) mass is 264 g/mol. The Morgan fingerprint density at radius 3 is 2.53 bits per heavy atom. The molecule has 0 fully saturated rings. The lowest BCUT2D eigenvalue weighted by Gasteiger charge is -2.16. The van der Waals surface area contributed by atoms with E-state index in [1.54, 1.807) is 6.07 Å². The Morgan fingerprint density at radius 2 is 2.00 bits per heavy atom. The molecule has 1 rings (SSSR count). The van der Waals surface area contributed by atoms with Gasteiger partial charge in [0.1, 0.15) is 11.9 Å². The van der Waals surface area contributed by atoms with Crippen molar-refractivity contribution in [1.29, 1.82) is 5.26 Å². The molecule has 0 heterocycles. The molecule has 1 aromatic rings. The van der Waals surface area contributed by atoms with Crippen LogP contribution in [0, 0.1) is 29.0 Å². The van der Waals surface area contributed by atoms with E-state index < -0.39 is 29.5 Å². The number of aliphatic carboxylic acids is 1. The number of hydrogen-bond donors (Lipinski definition) is 2. The van der Waals surface area contributed by atoms with Gasteiger partial charge in [-0.05, 0) is 18.2 Å². The summed E-state index contributed by atoms with van der Waals surface area (Å²) in [7, 11) is 0. The molecule has 0 spiro atoms. The quantitative estimate of drug-likeness (QED) is 0.870. The topological polar surface area (TPSA) is 90.2 Å². The van der Waals surface area contributed by atoms with Crippen molar-refractivity contribution >= 4 is 17.6 Å². The molecule has 5 nitrogen and oxygen atoms in total. The second-order valence-electron chi connectivity index (χ2n) is 4.21. The van der Waals surface area contributed by atoms with Gasteiger partial charge in [-0.2, -0.15) is 5.26 Å². The molecule has 0 aliphatic heterocycles. The van der Waals surface area contributed by atoms with Crippen LogP contribution in [-0.4, -0.2) is 17.0 Å². The summed E-state index contributed by atoms with van der Waals surface area (Å²) in [5.74, 6) is -3.82. The molecule has 2 atom stereocenters. The van der Waals surface area contributed by atoms with Gasteiger partial charge in [-0.15, -0.1) is 0 Å². The number of rotatable bonds is 4. The molecule has 0 saturated carbocycles. The SMILES string of the molecule is CC(C(=O)O)C(C)C(=O)Nc1ccc(F)cc1C#N. The van der Waals surface area contributed by atoms with Gasteiger partial charge in [-0.1, -0.05) is 13.8 Å². The van der Waals surface area contributed by atoms with Crippen molar-refractivity contribution < 1.29 is 19.1 Å². The van der Waals surface area contributed by atoms with E-state index in [0.717, 1.165) is 12.1 Å². The largest absolute Gasteiger partial charge is 0.481 e. The predicted molar refractivity (Wildman–Crippen MR) is 65.7 cm³/mol. The summed E-state index contributed by atoms with van der Waals surface area (Å²) < 4.78 is 12.9. The minimum atomic E-state index is -1.08. The van der Waals surface area contributed by atoms with E-state index in [-0.39, 0.29) is 11.3 Å². The number of carboxylic acids is 1. The lowest BCUT2D eigenvalue weighted by Crippen LogP contribution is -2.30. The number of benzene rings is 1. The van der Waals surface area contributed by atoms with Crippen molar-refractivity contribution in [3.8, 4) is 6.07 Å². The zero-order chi connectivity index (χ0) is 14.6. The normalized spacial score (nSPS) is 13.2. The third-order valence-corrected chi connectivity index (χ3v) is 2.91. The molecular formula is C13H13FN2O3. The Hall–Kier alpha value is -2.42. The highest BCUT2D eigenvalue weighted by Crippen LogP contribution is 2.19. The van der Waals surface area contributed by atoms with Gasteiger partial charge in [-0.3, -0.25) is 9.59 Å². The summed E-state index contributed by atoms with van der Waals surface area (Å²) in [4.78, 5) is 22.6. The molecule has 0 aliphatic rings. The third-order valence-electron chi connectivity index (χ3n) is 2.91. The van der Waals surface area contributed by atoms with Crippen LogP contribution in [0.3, 0.4) is 0 Å². The molecule has 0 aromatic heterocycles. The van der Waals surface area contributed by atoms with Crippen molar-refractivity contribution in [3.05, 3.63) is 29.6 Å². The van der Waals surface area contributed by atoms with E-state index in [2.05, 4.69) is 5.32 Å². The molecule has 100 valence electrons. The molecule has 1 amide bonds. The first-order valence-corrected chi connectivity index (χ1v) is 5.60. The van der Waals surface area contributed by atoms with Gasteiger partial charge in [0.05, 0.1) is 17.2 Å². The highest BCUT2D eigenvalue weighted by molar-refractivity contribution is 5.95. The van der Waals surface area contributed by atoms with Crippen LogP contribution in [0.25, 0.3) is 0 Å². The first kappa shape index (κ1) is 14.6. The zero-order valence-electron chi connectivity index (χ0n) is 10.5. The number of hydrogen-bond acceptors (Lipinski definition) is 3. The Labute approximate surface area is 109 Å². The van der Waals surface area contributed by atoms with Crippen LogP contribution in [0.1, 0.15) is 19.4 Å². The van der Waals surface area contributed by atoms with Gasteiger partial charge in [0.2, 0.25) is 5.91 Å². The molecule has 0 aliphatic carbocycles. The standard InChI is InChI=1S/C13H13FN2O3/c1-7(8(2)13(18)19)12(17)16-11-4-3-10(14)5-9(11)6-15/h3-5,7-8H,1-2H3,(H,16,17)(H,18,19). The van der Waals surface area contributed by atoms with Crippen LogP contribution in [-0.2, 0) is 9.59 Å². The number of anilines is 1. The molecule has 0 saturated heterocycles. The maximum absolute atomic E-state index is 12.9. The van der Waals surface area contributed by atoms with Crippen molar-refractivity contribution in [3.63, 3.8) is 0 Å². The van der Waals surface area contributed by atoms with Crippen LogP contribution in [0.5, 0.6) is 0 Å². The number of carbonyl (C=O) groups is 2. The number of carbonyl (C=O) groups excluding carboxylic acids is 1. The maximum Gasteiger partial charge on any atom is 0.307 e. The van der Waals surface area contributed by atoms with Crippen LogP contribution in [0.15, 0.2) is 18.2 Å². The fourth-order valence-corrected chi connectivity index (χ4v) is 1.41. The lowest BCUT2D eigenvalue weighted by atomic mass is 9.95. The van der Waals surface area contributed by atoms with Gasteiger partial charge in [0.25, 0.3) is 0 Å². The van der Waals surface area contributed by atoms with Gasteiger partial charge in [0, 0.05) is 5.92 Å². The van der Waals surface area contributed by atoms with Gasteiger partial charge >= 0.3 is 5.97 Å². The maximum atomic E-state index is 12.9. The van der Waals surface area contributed by atoms with E-state index in [4.69, 9.17) is 10.4 Å². The van der Waals surface area contributed by atoms with Crippen LogP contribution in [0.2, 0.25) is 0 Å². The second kappa shape index (κ2) is 5.96. The summed E-state index contributed by atoms with van der Waals surface area (Å²) in [6.45, 7) is 2.89. The number of nitrogens with zero attached hydrogens (tertiary/aromatic N) is 1. The van der Waals surface area contributed by atoms with Crippen molar-refractivity contribution in [2.24, 2.45) is 11.8 Å². The van der Waals surface area contributed by atoms with E-state index >= 15 is 0 Å². The summed E-state index contributed by atoms with van der Waals surface area (Å²) in [6, 6.07) is 5.14. The highest BCUT2D eigenvalue weighted by atomic mass is 19.1. The Kier molecular flexibility index (Phi) is 4.59. The Balaban J connectivity index is 2.89.